The van der Waals surface area contributed by atoms with Crippen LogP contribution in [-0.2, 0) is 0 Å². The molecule has 4 rings (SSSR count). The van der Waals surface area contributed by atoms with Crippen LogP contribution in [0.4, 0.5) is 5.69 Å². The van der Waals surface area contributed by atoms with E-state index in [4.69, 9.17) is 14.5 Å². The summed E-state index contributed by atoms with van der Waals surface area (Å²) in [7, 11) is 3.21. The first-order valence-corrected chi connectivity index (χ1v) is 9.59. The number of aryl methyl sites for hydroxylation is 1. The third-order valence-electron chi connectivity index (χ3n) is 4.93. The van der Waals surface area contributed by atoms with E-state index in [1.54, 1.807) is 14.2 Å². The fourth-order valence-corrected chi connectivity index (χ4v) is 3.40. The number of hydrogen-bond donors (Lipinski definition) is 1. The molecule has 0 radical (unpaired) electrons. The van der Waals surface area contributed by atoms with Crippen LogP contribution in [0.25, 0.3) is 22.2 Å². The summed E-state index contributed by atoms with van der Waals surface area (Å²) in [4.78, 5) is 18.1. The molecule has 30 heavy (non-hydrogen) atoms. The minimum atomic E-state index is -0.221. The van der Waals surface area contributed by atoms with E-state index in [0.29, 0.717) is 22.7 Å². The van der Waals surface area contributed by atoms with Crippen LogP contribution >= 0.6 is 0 Å². The van der Waals surface area contributed by atoms with Gasteiger partial charge in [-0.1, -0.05) is 36.4 Å². The maximum absolute atomic E-state index is 13.3. The number of nitrogens with one attached hydrogen (secondary N) is 1. The molecule has 0 atom stereocenters. The van der Waals surface area contributed by atoms with Crippen LogP contribution in [0.5, 0.6) is 11.5 Å². The Hall–Kier alpha value is -3.86. The van der Waals surface area contributed by atoms with Crippen LogP contribution in [0.15, 0.2) is 72.8 Å². The number of amides is 1. The predicted octanol–water partition coefficient (Wildman–Crippen LogP) is 5.48. The number of para-hydroxylation sites is 1. The van der Waals surface area contributed by atoms with E-state index in [2.05, 4.69) is 5.32 Å². The summed E-state index contributed by atoms with van der Waals surface area (Å²) < 4.78 is 10.7. The summed E-state index contributed by atoms with van der Waals surface area (Å²) in [6.45, 7) is 1.97. The zero-order chi connectivity index (χ0) is 21.1. The van der Waals surface area contributed by atoms with Gasteiger partial charge in [0, 0.05) is 10.9 Å². The third-order valence-corrected chi connectivity index (χ3v) is 4.93. The van der Waals surface area contributed by atoms with Crippen molar-refractivity contribution in [2.24, 2.45) is 0 Å². The van der Waals surface area contributed by atoms with Crippen molar-refractivity contribution in [1.82, 2.24) is 4.98 Å². The Bertz CT molecular complexity index is 1230. The zero-order valence-electron chi connectivity index (χ0n) is 17.1. The minimum absolute atomic E-state index is 0.221. The molecule has 0 saturated carbocycles. The van der Waals surface area contributed by atoms with Gasteiger partial charge in [0.2, 0.25) is 0 Å². The molecule has 0 aliphatic heterocycles. The number of methoxy groups -OCH3 is 2. The van der Waals surface area contributed by atoms with Crippen LogP contribution in [-0.4, -0.2) is 25.1 Å². The molecule has 1 N–H and O–H groups in total. The number of pyridine rings is 1. The van der Waals surface area contributed by atoms with Gasteiger partial charge in [0.05, 0.1) is 36.7 Å². The molecule has 3 aromatic carbocycles. The third kappa shape index (κ3) is 3.82. The van der Waals surface area contributed by atoms with E-state index < -0.39 is 0 Å². The van der Waals surface area contributed by atoms with Crippen molar-refractivity contribution >= 4 is 22.5 Å². The Morgan fingerprint density at radius 3 is 2.53 bits per heavy atom. The summed E-state index contributed by atoms with van der Waals surface area (Å²) in [6, 6.07) is 22.8. The number of carbonyl (C=O) groups is 1. The Morgan fingerprint density at radius 2 is 1.73 bits per heavy atom. The van der Waals surface area contributed by atoms with Crippen LogP contribution in [0.1, 0.15) is 15.9 Å². The highest BCUT2D eigenvalue weighted by molar-refractivity contribution is 6.13. The molecule has 1 heterocycles. The first kappa shape index (κ1) is 19.5. The Labute approximate surface area is 175 Å². The van der Waals surface area contributed by atoms with Gasteiger partial charge >= 0.3 is 0 Å². The normalized spacial score (nSPS) is 10.6. The molecule has 1 aromatic heterocycles. The molecule has 5 heteroatoms. The lowest BCUT2D eigenvalue weighted by molar-refractivity contribution is 0.102. The lowest BCUT2D eigenvalue weighted by Gasteiger charge is -2.13. The molecule has 0 saturated heterocycles. The zero-order valence-corrected chi connectivity index (χ0v) is 17.1. The molecule has 4 aromatic rings. The number of benzene rings is 3. The van der Waals surface area contributed by atoms with Crippen molar-refractivity contribution in [1.29, 1.82) is 0 Å². The van der Waals surface area contributed by atoms with Crippen molar-refractivity contribution in [3.05, 3.63) is 83.9 Å². The van der Waals surface area contributed by atoms with E-state index >= 15 is 0 Å². The molecule has 0 aliphatic rings. The van der Waals surface area contributed by atoms with Crippen LogP contribution in [0.2, 0.25) is 0 Å². The highest BCUT2D eigenvalue weighted by Crippen LogP contribution is 2.30. The van der Waals surface area contributed by atoms with Gasteiger partial charge in [-0.15, -0.1) is 0 Å². The van der Waals surface area contributed by atoms with Crippen LogP contribution in [0.3, 0.4) is 0 Å². The topological polar surface area (TPSA) is 60.5 Å². The van der Waals surface area contributed by atoms with Crippen molar-refractivity contribution in [2.75, 3.05) is 19.5 Å². The van der Waals surface area contributed by atoms with Gasteiger partial charge in [0.1, 0.15) is 11.5 Å². The van der Waals surface area contributed by atoms with E-state index in [9.17, 15) is 4.79 Å². The average molecular weight is 398 g/mol. The number of hydrogen-bond acceptors (Lipinski definition) is 4. The maximum Gasteiger partial charge on any atom is 0.256 e. The Morgan fingerprint density at radius 1 is 0.900 bits per heavy atom. The second-order valence-electron chi connectivity index (χ2n) is 6.96. The smallest absolute Gasteiger partial charge is 0.256 e. The molecule has 0 bridgehead atoms. The number of rotatable bonds is 5. The minimum Gasteiger partial charge on any atom is -0.497 e. The number of anilines is 1. The molecular formula is C25H22N2O3. The van der Waals surface area contributed by atoms with Crippen molar-refractivity contribution < 1.29 is 14.3 Å². The fraction of sp³-hybridized carbons (Fsp3) is 0.120. The summed E-state index contributed by atoms with van der Waals surface area (Å²) in [5.74, 6) is 1.12. The van der Waals surface area contributed by atoms with Gasteiger partial charge in [0.25, 0.3) is 5.91 Å². The van der Waals surface area contributed by atoms with Gasteiger partial charge in [-0.2, -0.15) is 0 Å². The first-order chi connectivity index (χ1) is 14.6. The van der Waals surface area contributed by atoms with Gasteiger partial charge in [-0.3, -0.25) is 4.79 Å². The number of carbonyl (C=O) groups excluding carboxylic acids is 1. The van der Waals surface area contributed by atoms with Gasteiger partial charge in [-0.05, 0) is 48.9 Å². The van der Waals surface area contributed by atoms with E-state index in [0.717, 1.165) is 27.8 Å². The molecule has 5 nitrogen and oxygen atoms in total. The summed E-state index contributed by atoms with van der Waals surface area (Å²) >= 11 is 0. The Kier molecular flexibility index (Phi) is 5.35. The first-order valence-electron chi connectivity index (χ1n) is 9.59. The lowest BCUT2D eigenvalue weighted by atomic mass is 10.0. The average Bonchev–Trinajstić information content (AvgIpc) is 2.78. The van der Waals surface area contributed by atoms with Gasteiger partial charge < -0.3 is 14.8 Å². The summed E-state index contributed by atoms with van der Waals surface area (Å²) in [5, 5.41) is 3.78. The van der Waals surface area contributed by atoms with E-state index in [-0.39, 0.29) is 5.91 Å². The van der Waals surface area contributed by atoms with Crippen LogP contribution < -0.4 is 14.8 Å². The molecule has 1 amide bonds. The second-order valence-corrected chi connectivity index (χ2v) is 6.96. The molecule has 0 fully saturated rings. The molecule has 0 aliphatic carbocycles. The number of fused-ring (bicyclic) bond motifs is 1. The monoisotopic (exact) mass is 398 g/mol. The van der Waals surface area contributed by atoms with Crippen molar-refractivity contribution in [2.45, 2.75) is 6.92 Å². The second kappa shape index (κ2) is 8.25. The number of nitrogens with zero attached hydrogens (tertiary/aromatic N) is 1. The Balaban J connectivity index is 1.81. The summed E-state index contributed by atoms with van der Waals surface area (Å²) in [5.41, 5.74) is 4.53. The van der Waals surface area contributed by atoms with Crippen LogP contribution in [0, 0.1) is 6.92 Å². The molecular weight excluding hydrogens is 376 g/mol. The van der Waals surface area contributed by atoms with Gasteiger partial charge in [-0.25, -0.2) is 4.98 Å². The standard InChI is InChI=1S/C25H22N2O3/c1-16-11-12-24(30-3)23(13-16)27-25(28)20-15-22(17-7-6-8-18(14-17)29-2)26-21-10-5-4-9-19(20)21/h4-15H,1-3H3,(H,27,28). The largest absolute Gasteiger partial charge is 0.497 e. The van der Waals surface area contributed by atoms with Crippen molar-refractivity contribution in [3.8, 4) is 22.8 Å². The SMILES string of the molecule is COc1cccc(-c2cc(C(=O)Nc3cc(C)ccc3OC)c3ccccc3n2)c1. The fourth-order valence-electron chi connectivity index (χ4n) is 3.40. The number of aromatic nitrogens is 1. The van der Waals surface area contributed by atoms with E-state index in [1.807, 2.05) is 79.7 Å². The molecule has 0 spiro atoms. The highest BCUT2D eigenvalue weighted by Gasteiger charge is 2.16. The predicted molar refractivity (Wildman–Crippen MR) is 119 cm³/mol. The molecule has 0 unspecified atom stereocenters. The molecule has 150 valence electrons. The number of ether oxygens (including phenoxy) is 2. The van der Waals surface area contributed by atoms with E-state index in [1.165, 1.54) is 0 Å². The highest BCUT2D eigenvalue weighted by atomic mass is 16.5. The van der Waals surface area contributed by atoms with Crippen molar-refractivity contribution in [3.63, 3.8) is 0 Å². The van der Waals surface area contributed by atoms with Gasteiger partial charge in [0.15, 0.2) is 0 Å². The maximum atomic E-state index is 13.3. The lowest BCUT2D eigenvalue weighted by Crippen LogP contribution is -2.14. The summed E-state index contributed by atoms with van der Waals surface area (Å²) in [6.07, 6.45) is 0. The quantitative estimate of drug-likeness (QED) is 0.484.